The Labute approximate surface area is 200 Å². The number of ether oxygens (including phenoxy) is 1. The van der Waals surface area contributed by atoms with E-state index in [2.05, 4.69) is 47.9 Å². The molecule has 3 aromatic rings. The second-order valence-corrected chi connectivity index (χ2v) is 9.76. The Morgan fingerprint density at radius 2 is 1.88 bits per heavy atom. The number of aryl methyl sites for hydroxylation is 1. The zero-order chi connectivity index (χ0) is 23.8. The molecule has 1 amide bonds. The molecule has 0 bridgehead atoms. The molecule has 2 atom stereocenters. The van der Waals surface area contributed by atoms with Gasteiger partial charge in [-0.1, -0.05) is 30.3 Å². The van der Waals surface area contributed by atoms with E-state index in [0.29, 0.717) is 6.04 Å². The lowest BCUT2D eigenvalue weighted by molar-refractivity contribution is -0.122. The van der Waals surface area contributed by atoms with Gasteiger partial charge in [0.1, 0.15) is 5.82 Å². The lowest BCUT2D eigenvalue weighted by Crippen LogP contribution is -2.45. The molecule has 1 unspecified atom stereocenters. The smallest absolute Gasteiger partial charge is 0.237 e. The van der Waals surface area contributed by atoms with Crippen molar-refractivity contribution in [1.29, 1.82) is 0 Å². The van der Waals surface area contributed by atoms with Crippen LogP contribution in [0.2, 0.25) is 0 Å². The van der Waals surface area contributed by atoms with E-state index in [-0.39, 0.29) is 17.9 Å². The van der Waals surface area contributed by atoms with Gasteiger partial charge < -0.3 is 25.0 Å². The number of benzene rings is 2. The second-order valence-electron chi connectivity index (χ2n) is 9.76. The van der Waals surface area contributed by atoms with Gasteiger partial charge in [-0.25, -0.2) is 4.98 Å². The number of nitrogens with two attached hydrogens (primary N) is 1. The first-order valence-electron chi connectivity index (χ1n) is 12.3. The number of fused-ring (bicyclic) bond motifs is 3. The van der Waals surface area contributed by atoms with Gasteiger partial charge in [0.2, 0.25) is 12.3 Å². The Balaban J connectivity index is 1.60. The van der Waals surface area contributed by atoms with Crippen molar-refractivity contribution in [3.05, 3.63) is 59.4 Å². The van der Waals surface area contributed by atoms with Crippen molar-refractivity contribution in [2.75, 3.05) is 12.0 Å². The maximum Gasteiger partial charge on any atom is 0.237 e. The number of imidazole rings is 1. The van der Waals surface area contributed by atoms with Crippen LogP contribution in [0.15, 0.2) is 42.5 Å². The normalized spacial score (nSPS) is 23.6. The van der Waals surface area contributed by atoms with E-state index in [1.807, 2.05) is 11.0 Å². The largest absolute Gasteiger partial charge is 0.369 e. The highest BCUT2D eigenvalue weighted by Crippen LogP contribution is 2.40. The minimum atomic E-state index is -0.985. The number of aliphatic hydroxyl groups excluding tert-OH is 1. The Morgan fingerprint density at radius 3 is 2.56 bits per heavy atom. The highest BCUT2D eigenvalue weighted by atomic mass is 16.6. The lowest BCUT2D eigenvalue weighted by Gasteiger charge is -2.39. The van der Waals surface area contributed by atoms with Gasteiger partial charge in [-0.15, -0.1) is 0 Å². The third kappa shape index (κ3) is 4.07. The SMILES string of the molecule is COC(O)N1c2ccc3c(nc(Cc4ccccc4)n3[C@H]3CC[C@@H](C(N)=O)CC3)c2CC[C@@H]1C. The molecular weight excluding hydrogens is 428 g/mol. The zero-order valence-electron chi connectivity index (χ0n) is 20.0. The molecule has 2 aromatic carbocycles. The minimum absolute atomic E-state index is 0.0260. The molecule has 180 valence electrons. The van der Waals surface area contributed by atoms with Crippen molar-refractivity contribution in [3.8, 4) is 0 Å². The van der Waals surface area contributed by atoms with Crippen LogP contribution in [-0.4, -0.2) is 40.1 Å². The van der Waals surface area contributed by atoms with Crippen LogP contribution in [0.5, 0.6) is 0 Å². The van der Waals surface area contributed by atoms with Crippen LogP contribution in [0.25, 0.3) is 11.0 Å². The van der Waals surface area contributed by atoms with Crippen LogP contribution in [0.4, 0.5) is 5.69 Å². The van der Waals surface area contributed by atoms with Crippen LogP contribution in [0.1, 0.15) is 62.0 Å². The number of methoxy groups -OCH3 is 1. The van der Waals surface area contributed by atoms with Gasteiger partial charge in [0.25, 0.3) is 0 Å². The molecule has 1 aliphatic carbocycles. The Kier molecular flexibility index (Phi) is 6.32. The summed E-state index contributed by atoms with van der Waals surface area (Å²) in [6, 6.07) is 15.2. The van der Waals surface area contributed by atoms with E-state index in [9.17, 15) is 9.90 Å². The van der Waals surface area contributed by atoms with Crippen LogP contribution >= 0.6 is 0 Å². The molecule has 0 spiro atoms. The number of hydrogen-bond acceptors (Lipinski definition) is 5. The highest BCUT2D eigenvalue weighted by Gasteiger charge is 2.33. The molecular formula is C27H34N4O3. The van der Waals surface area contributed by atoms with Gasteiger partial charge >= 0.3 is 0 Å². The van der Waals surface area contributed by atoms with Gasteiger partial charge in [-0.3, -0.25) is 4.79 Å². The number of hydrogen-bond donors (Lipinski definition) is 2. The highest BCUT2D eigenvalue weighted by molar-refractivity contribution is 5.86. The molecule has 1 aliphatic heterocycles. The topological polar surface area (TPSA) is 93.6 Å². The Morgan fingerprint density at radius 1 is 1.15 bits per heavy atom. The predicted molar refractivity (Wildman–Crippen MR) is 132 cm³/mol. The number of primary amides is 1. The van der Waals surface area contributed by atoms with Crippen LogP contribution < -0.4 is 10.6 Å². The monoisotopic (exact) mass is 462 g/mol. The fourth-order valence-electron chi connectivity index (χ4n) is 5.85. The number of nitrogens with zero attached hydrogens (tertiary/aromatic N) is 3. The molecule has 1 fully saturated rings. The van der Waals surface area contributed by atoms with E-state index < -0.39 is 6.41 Å². The summed E-state index contributed by atoms with van der Waals surface area (Å²) < 4.78 is 7.69. The number of amides is 1. The molecule has 2 heterocycles. The molecule has 34 heavy (non-hydrogen) atoms. The summed E-state index contributed by atoms with van der Waals surface area (Å²) in [5.41, 5.74) is 11.1. The summed E-state index contributed by atoms with van der Waals surface area (Å²) in [7, 11) is 1.53. The Bertz CT molecular complexity index is 1170. The third-order valence-electron chi connectivity index (χ3n) is 7.70. The van der Waals surface area contributed by atoms with Crippen molar-refractivity contribution >= 4 is 22.6 Å². The molecule has 7 nitrogen and oxygen atoms in total. The van der Waals surface area contributed by atoms with E-state index >= 15 is 0 Å². The minimum Gasteiger partial charge on any atom is -0.369 e. The molecule has 0 radical (unpaired) electrons. The molecule has 7 heteroatoms. The standard InChI is InChI=1S/C27H34N4O3/c1-17-8-13-21-22(30(17)27(33)34-2)14-15-23-25(21)29-24(16-18-6-4-3-5-7-18)31(23)20-11-9-19(10-12-20)26(28)32/h3-7,14-15,17,19-20,27,33H,8-13,16H2,1-2H3,(H2,28,32)/t17-,19-,20+,27?/m0/s1. The van der Waals surface area contributed by atoms with Gasteiger partial charge in [0, 0.05) is 42.8 Å². The van der Waals surface area contributed by atoms with Crippen molar-refractivity contribution < 1.29 is 14.6 Å². The maximum absolute atomic E-state index is 11.7. The summed E-state index contributed by atoms with van der Waals surface area (Å²) in [4.78, 5) is 18.9. The fourth-order valence-corrected chi connectivity index (χ4v) is 5.85. The summed E-state index contributed by atoms with van der Waals surface area (Å²) in [6.07, 6.45) is 5.09. The molecule has 1 aromatic heterocycles. The summed E-state index contributed by atoms with van der Waals surface area (Å²) in [5, 5.41) is 10.5. The summed E-state index contributed by atoms with van der Waals surface area (Å²) >= 11 is 0. The third-order valence-corrected chi connectivity index (χ3v) is 7.70. The number of rotatable bonds is 6. The zero-order valence-corrected chi connectivity index (χ0v) is 20.0. The van der Waals surface area contributed by atoms with E-state index in [1.165, 1.54) is 18.2 Å². The summed E-state index contributed by atoms with van der Waals surface area (Å²) in [5.74, 6) is 0.843. The van der Waals surface area contributed by atoms with Crippen molar-refractivity contribution in [1.82, 2.24) is 9.55 Å². The molecule has 3 N–H and O–H groups in total. The first-order valence-corrected chi connectivity index (χ1v) is 12.3. The number of carbonyl (C=O) groups is 1. The lowest BCUT2D eigenvalue weighted by atomic mass is 9.85. The molecule has 5 rings (SSSR count). The maximum atomic E-state index is 11.7. The van der Waals surface area contributed by atoms with E-state index in [0.717, 1.165) is 67.5 Å². The average Bonchev–Trinajstić information content (AvgIpc) is 3.22. The molecule has 1 saturated carbocycles. The van der Waals surface area contributed by atoms with Crippen molar-refractivity contribution in [2.24, 2.45) is 11.7 Å². The van der Waals surface area contributed by atoms with Gasteiger partial charge in [-0.2, -0.15) is 0 Å². The van der Waals surface area contributed by atoms with Crippen molar-refractivity contribution in [3.63, 3.8) is 0 Å². The van der Waals surface area contributed by atoms with Crippen LogP contribution in [0.3, 0.4) is 0 Å². The number of carbonyl (C=O) groups excluding carboxylic acids is 1. The Hall–Kier alpha value is -2.90. The molecule has 0 saturated heterocycles. The molecule has 2 aliphatic rings. The number of aliphatic hydroxyl groups is 1. The summed E-state index contributed by atoms with van der Waals surface area (Å²) in [6.45, 7) is 2.12. The fraction of sp³-hybridized carbons (Fsp3) is 0.481. The predicted octanol–water partition coefficient (Wildman–Crippen LogP) is 3.91. The van der Waals surface area contributed by atoms with Gasteiger partial charge in [-0.05, 0) is 63.1 Å². The second kappa shape index (κ2) is 9.39. The van der Waals surface area contributed by atoms with E-state index in [4.69, 9.17) is 15.5 Å². The quantitative estimate of drug-likeness (QED) is 0.542. The number of anilines is 1. The number of aromatic nitrogens is 2. The van der Waals surface area contributed by atoms with Crippen LogP contribution in [0, 0.1) is 5.92 Å². The first-order chi connectivity index (χ1) is 16.5. The van der Waals surface area contributed by atoms with Crippen molar-refractivity contribution in [2.45, 2.75) is 70.4 Å². The average molecular weight is 463 g/mol. The van der Waals surface area contributed by atoms with Gasteiger partial charge in [0.05, 0.1) is 11.0 Å². The van der Waals surface area contributed by atoms with Crippen LogP contribution in [-0.2, 0) is 22.4 Å². The first kappa shape index (κ1) is 22.9. The van der Waals surface area contributed by atoms with Gasteiger partial charge in [0.15, 0.2) is 0 Å². The van der Waals surface area contributed by atoms with E-state index in [1.54, 1.807) is 0 Å².